The third-order valence-corrected chi connectivity index (χ3v) is 6.75. The van der Waals surface area contributed by atoms with Crippen molar-refractivity contribution in [1.82, 2.24) is 15.4 Å². The van der Waals surface area contributed by atoms with Crippen molar-refractivity contribution in [2.75, 3.05) is 32.5 Å². The van der Waals surface area contributed by atoms with Crippen LogP contribution < -0.4 is 15.4 Å². The highest BCUT2D eigenvalue weighted by Gasteiger charge is 2.17. The SMILES string of the molecule is CN=C(NCCS(=O)(=O)NCC1CCCCO1)NC(C)Cc1ccc(C)s1. The third-order valence-electron chi connectivity index (χ3n) is 4.38. The molecule has 1 saturated heterocycles. The normalized spacial score (nSPS) is 19.7. The van der Waals surface area contributed by atoms with Gasteiger partial charge >= 0.3 is 0 Å². The lowest BCUT2D eigenvalue weighted by atomic mass is 10.1. The first-order chi connectivity index (χ1) is 12.9. The van der Waals surface area contributed by atoms with E-state index in [9.17, 15) is 8.42 Å². The van der Waals surface area contributed by atoms with Gasteiger partial charge in [-0.2, -0.15) is 0 Å². The lowest BCUT2D eigenvalue weighted by Crippen LogP contribution is -2.45. The van der Waals surface area contributed by atoms with Crippen LogP contribution in [0.15, 0.2) is 17.1 Å². The smallest absolute Gasteiger partial charge is 0.213 e. The zero-order valence-electron chi connectivity index (χ0n) is 16.5. The Labute approximate surface area is 167 Å². The second kappa shape index (κ2) is 11.0. The van der Waals surface area contributed by atoms with Crippen LogP contribution in [-0.4, -0.2) is 59.0 Å². The molecule has 1 fully saturated rings. The van der Waals surface area contributed by atoms with Gasteiger partial charge in [0.15, 0.2) is 5.96 Å². The van der Waals surface area contributed by atoms with E-state index in [-0.39, 0.29) is 17.9 Å². The van der Waals surface area contributed by atoms with E-state index in [0.717, 1.165) is 32.3 Å². The number of hydrogen-bond donors (Lipinski definition) is 3. The number of guanidine groups is 1. The number of rotatable bonds is 9. The van der Waals surface area contributed by atoms with Crippen LogP contribution in [0.3, 0.4) is 0 Å². The van der Waals surface area contributed by atoms with Crippen LogP contribution in [0.4, 0.5) is 0 Å². The molecule has 7 nitrogen and oxygen atoms in total. The van der Waals surface area contributed by atoms with Gasteiger partial charge in [0, 0.05) is 49.0 Å². The number of aryl methyl sites for hydroxylation is 1. The van der Waals surface area contributed by atoms with Crippen molar-refractivity contribution in [1.29, 1.82) is 0 Å². The van der Waals surface area contributed by atoms with Gasteiger partial charge in [0.25, 0.3) is 0 Å². The average Bonchev–Trinajstić information content (AvgIpc) is 3.04. The van der Waals surface area contributed by atoms with Gasteiger partial charge in [-0.15, -0.1) is 11.3 Å². The topological polar surface area (TPSA) is 91.8 Å². The second-order valence-electron chi connectivity index (χ2n) is 6.92. The number of hydrogen-bond acceptors (Lipinski definition) is 5. The van der Waals surface area contributed by atoms with Crippen LogP contribution >= 0.6 is 11.3 Å². The molecule has 3 N–H and O–H groups in total. The van der Waals surface area contributed by atoms with Gasteiger partial charge in [0.1, 0.15) is 0 Å². The summed E-state index contributed by atoms with van der Waals surface area (Å²) in [5.74, 6) is 0.612. The summed E-state index contributed by atoms with van der Waals surface area (Å²) in [6.07, 6.45) is 3.97. The van der Waals surface area contributed by atoms with E-state index in [1.165, 1.54) is 9.75 Å². The highest BCUT2D eigenvalue weighted by atomic mass is 32.2. The van der Waals surface area contributed by atoms with Gasteiger partial charge in [0.2, 0.25) is 10.0 Å². The Morgan fingerprint density at radius 1 is 1.41 bits per heavy atom. The zero-order valence-corrected chi connectivity index (χ0v) is 18.1. The Hall–Kier alpha value is -1.16. The molecule has 2 heterocycles. The third kappa shape index (κ3) is 8.59. The summed E-state index contributed by atoms with van der Waals surface area (Å²) >= 11 is 1.79. The van der Waals surface area contributed by atoms with E-state index in [1.54, 1.807) is 18.4 Å². The van der Waals surface area contributed by atoms with E-state index in [1.807, 2.05) is 0 Å². The molecule has 2 rings (SSSR count). The van der Waals surface area contributed by atoms with Crippen molar-refractivity contribution in [3.05, 3.63) is 21.9 Å². The van der Waals surface area contributed by atoms with Crippen molar-refractivity contribution in [3.63, 3.8) is 0 Å². The summed E-state index contributed by atoms with van der Waals surface area (Å²) in [5.41, 5.74) is 0. The minimum Gasteiger partial charge on any atom is -0.377 e. The number of nitrogens with zero attached hydrogens (tertiary/aromatic N) is 1. The number of aliphatic imine (C=N–C) groups is 1. The standard InChI is InChI=1S/C18H32N4O3S2/c1-14(12-17-8-7-15(2)26-17)22-18(19-3)20-9-11-27(23,24)21-13-16-6-4-5-10-25-16/h7-8,14,16,21H,4-6,9-13H2,1-3H3,(H2,19,20,22). The second-order valence-corrected chi connectivity index (χ2v) is 10.2. The van der Waals surface area contributed by atoms with Gasteiger partial charge in [-0.3, -0.25) is 4.99 Å². The molecule has 2 unspecified atom stereocenters. The molecule has 1 aliphatic rings. The summed E-state index contributed by atoms with van der Waals surface area (Å²) in [4.78, 5) is 6.80. The van der Waals surface area contributed by atoms with Crippen LogP contribution in [0.5, 0.6) is 0 Å². The molecule has 1 aromatic heterocycles. The maximum Gasteiger partial charge on any atom is 0.213 e. The van der Waals surface area contributed by atoms with E-state index in [0.29, 0.717) is 19.0 Å². The van der Waals surface area contributed by atoms with Crippen LogP contribution in [0.25, 0.3) is 0 Å². The van der Waals surface area contributed by atoms with E-state index in [4.69, 9.17) is 4.74 Å². The number of nitrogens with one attached hydrogen (secondary N) is 3. The van der Waals surface area contributed by atoms with Gasteiger partial charge in [-0.25, -0.2) is 13.1 Å². The van der Waals surface area contributed by atoms with Crippen LogP contribution in [0, 0.1) is 6.92 Å². The number of sulfonamides is 1. The molecule has 1 aromatic rings. The fourth-order valence-electron chi connectivity index (χ4n) is 2.94. The van der Waals surface area contributed by atoms with Crippen LogP contribution in [0.2, 0.25) is 0 Å². The number of ether oxygens (including phenoxy) is 1. The Kier molecular flexibility index (Phi) is 9.01. The first kappa shape index (κ1) is 22.1. The van der Waals surface area contributed by atoms with Crippen molar-refractivity contribution >= 4 is 27.3 Å². The quantitative estimate of drug-likeness (QED) is 0.420. The summed E-state index contributed by atoms with van der Waals surface area (Å²) < 4.78 is 32.5. The molecular weight excluding hydrogens is 384 g/mol. The molecule has 0 aromatic carbocycles. The summed E-state index contributed by atoms with van der Waals surface area (Å²) in [5, 5.41) is 6.38. The van der Waals surface area contributed by atoms with Crippen LogP contribution in [-0.2, 0) is 21.2 Å². The van der Waals surface area contributed by atoms with Crippen LogP contribution in [0.1, 0.15) is 35.9 Å². The lowest BCUT2D eigenvalue weighted by molar-refractivity contribution is 0.0200. The van der Waals surface area contributed by atoms with E-state index in [2.05, 4.69) is 46.3 Å². The molecule has 0 spiro atoms. The molecule has 0 radical (unpaired) electrons. The molecule has 154 valence electrons. The molecule has 27 heavy (non-hydrogen) atoms. The zero-order chi connectivity index (χ0) is 19.7. The highest BCUT2D eigenvalue weighted by Crippen LogP contribution is 2.16. The van der Waals surface area contributed by atoms with Gasteiger partial charge in [-0.1, -0.05) is 0 Å². The van der Waals surface area contributed by atoms with Gasteiger partial charge in [-0.05, 0) is 45.2 Å². The van der Waals surface area contributed by atoms with E-state index >= 15 is 0 Å². The van der Waals surface area contributed by atoms with Crippen molar-refractivity contribution in [3.8, 4) is 0 Å². The van der Waals surface area contributed by atoms with Gasteiger partial charge < -0.3 is 15.4 Å². The predicted octanol–water partition coefficient (Wildman–Crippen LogP) is 1.64. The number of thiophene rings is 1. The summed E-state index contributed by atoms with van der Waals surface area (Å²) in [7, 11) is -1.65. The largest absolute Gasteiger partial charge is 0.377 e. The average molecular weight is 417 g/mol. The molecule has 0 saturated carbocycles. The monoisotopic (exact) mass is 416 g/mol. The first-order valence-electron chi connectivity index (χ1n) is 9.49. The fourth-order valence-corrected chi connectivity index (χ4v) is 4.91. The minimum absolute atomic E-state index is 0.00107. The maximum absolute atomic E-state index is 12.1. The molecular formula is C18H32N4O3S2. The minimum atomic E-state index is -3.33. The molecule has 0 aliphatic carbocycles. The fraction of sp³-hybridized carbons (Fsp3) is 0.722. The maximum atomic E-state index is 12.1. The highest BCUT2D eigenvalue weighted by molar-refractivity contribution is 7.89. The molecule has 0 amide bonds. The summed E-state index contributed by atoms with van der Waals surface area (Å²) in [6, 6.07) is 4.46. The Morgan fingerprint density at radius 2 is 2.22 bits per heavy atom. The molecule has 9 heteroatoms. The predicted molar refractivity (Wildman–Crippen MR) is 112 cm³/mol. The Morgan fingerprint density at radius 3 is 2.85 bits per heavy atom. The summed E-state index contributed by atoms with van der Waals surface area (Å²) in [6.45, 7) is 5.56. The molecule has 0 bridgehead atoms. The van der Waals surface area contributed by atoms with Crippen molar-refractivity contribution < 1.29 is 13.2 Å². The van der Waals surface area contributed by atoms with Gasteiger partial charge in [0.05, 0.1) is 11.9 Å². The van der Waals surface area contributed by atoms with E-state index < -0.39 is 10.0 Å². The first-order valence-corrected chi connectivity index (χ1v) is 12.0. The lowest BCUT2D eigenvalue weighted by Gasteiger charge is -2.22. The Bertz CT molecular complexity index is 697. The molecule has 1 aliphatic heterocycles. The Balaban J connectivity index is 1.68. The van der Waals surface area contributed by atoms with Crippen molar-refractivity contribution in [2.24, 2.45) is 4.99 Å². The molecule has 2 atom stereocenters. The van der Waals surface area contributed by atoms with Crippen molar-refractivity contribution in [2.45, 2.75) is 51.7 Å².